The molecule has 4 nitrogen and oxygen atoms in total. The molecule has 1 N–H and O–H groups in total. The molecule has 3 aromatic carbocycles. The van der Waals surface area contributed by atoms with Crippen LogP contribution in [-0.4, -0.2) is 31.3 Å². The van der Waals surface area contributed by atoms with Crippen molar-refractivity contribution in [3.05, 3.63) is 78.4 Å². The van der Waals surface area contributed by atoms with Gasteiger partial charge in [-0.25, -0.2) is 0 Å². The van der Waals surface area contributed by atoms with Crippen LogP contribution in [0.4, 0.5) is 5.69 Å². The van der Waals surface area contributed by atoms with E-state index in [-0.39, 0.29) is 18.2 Å². The van der Waals surface area contributed by atoms with Gasteiger partial charge >= 0.3 is 0 Å². The maximum Gasteiger partial charge on any atom is 0.240 e. The van der Waals surface area contributed by atoms with Gasteiger partial charge in [0.2, 0.25) is 5.91 Å². The molecule has 0 radical (unpaired) electrons. The highest BCUT2D eigenvalue weighted by molar-refractivity contribution is 5.90. The Morgan fingerprint density at radius 1 is 0.926 bits per heavy atom. The molecule has 1 atom stereocenters. The van der Waals surface area contributed by atoms with E-state index in [1.54, 1.807) is 0 Å². The topological polar surface area (TPSA) is 49.4 Å². The number of carbonyl (C=O) groups is 2. The van der Waals surface area contributed by atoms with Crippen LogP contribution in [0.2, 0.25) is 0 Å². The molecule has 0 heterocycles. The van der Waals surface area contributed by atoms with Gasteiger partial charge in [-0.3, -0.25) is 9.59 Å². The molecule has 0 aliphatic rings. The van der Waals surface area contributed by atoms with Crippen LogP contribution in [0.3, 0.4) is 0 Å². The minimum Gasteiger partial charge on any atom is -0.365 e. The van der Waals surface area contributed by atoms with Gasteiger partial charge in [-0.05, 0) is 41.8 Å². The first kappa shape index (κ1) is 18.6. The Labute approximate surface area is 159 Å². The van der Waals surface area contributed by atoms with Gasteiger partial charge in [0, 0.05) is 12.7 Å². The van der Waals surface area contributed by atoms with Crippen molar-refractivity contribution in [2.45, 2.75) is 19.4 Å². The quantitative estimate of drug-likeness (QED) is 0.700. The number of carbonyl (C=O) groups excluding carboxylic acids is 2. The van der Waals surface area contributed by atoms with E-state index in [1.165, 1.54) is 12.3 Å². The lowest BCUT2D eigenvalue weighted by atomic mass is 10.0. The molecule has 138 valence electrons. The summed E-state index contributed by atoms with van der Waals surface area (Å²) in [4.78, 5) is 26.3. The molecule has 4 heteroatoms. The standard InChI is InChI=1S/C23H24N2O2/c1-17(26)22(14-18-8-4-3-5-9-18)24-23(27)16-25(2)21-13-12-19-10-6-7-11-20(19)15-21/h3-13,15,22H,14,16H2,1-2H3,(H,24,27)/t22-/m1/s1. The molecule has 3 aromatic rings. The van der Waals surface area contributed by atoms with E-state index in [1.807, 2.05) is 66.5 Å². The Balaban J connectivity index is 1.64. The van der Waals surface area contributed by atoms with Gasteiger partial charge < -0.3 is 10.2 Å². The first-order valence-electron chi connectivity index (χ1n) is 9.06. The highest BCUT2D eigenvalue weighted by Gasteiger charge is 2.18. The molecular weight excluding hydrogens is 336 g/mol. The molecule has 0 aliphatic heterocycles. The van der Waals surface area contributed by atoms with Gasteiger partial charge in [0.25, 0.3) is 0 Å². The van der Waals surface area contributed by atoms with Crippen molar-refractivity contribution in [1.29, 1.82) is 0 Å². The summed E-state index contributed by atoms with van der Waals surface area (Å²) in [5.41, 5.74) is 1.99. The highest BCUT2D eigenvalue weighted by Crippen LogP contribution is 2.21. The second-order valence-corrected chi connectivity index (χ2v) is 6.81. The fourth-order valence-electron chi connectivity index (χ4n) is 3.11. The van der Waals surface area contributed by atoms with Crippen molar-refractivity contribution in [2.24, 2.45) is 0 Å². The van der Waals surface area contributed by atoms with Gasteiger partial charge in [0.1, 0.15) is 0 Å². The van der Waals surface area contributed by atoms with Crippen LogP contribution < -0.4 is 10.2 Å². The molecule has 0 saturated heterocycles. The SMILES string of the molecule is CC(=O)[C@@H](Cc1ccccc1)NC(=O)CN(C)c1ccc2ccccc2c1. The van der Waals surface area contributed by atoms with Gasteiger partial charge in [-0.2, -0.15) is 0 Å². The predicted molar refractivity (Wildman–Crippen MR) is 110 cm³/mol. The average molecular weight is 360 g/mol. The lowest BCUT2D eigenvalue weighted by molar-refractivity contribution is -0.126. The number of fused-ring (bicyclic) bond motifs is 1. The van der Waals surface area contributed by atoms with Gasteiger partial charge in [-0.15, -0.1) is 0 Å². The number of ketones is 1. The van der Waals surface area contributed by atoms with Crippen molar-refractivity contribution < 1.29 is 9.59 Å². The van der Waals surface area contributed by atoms with Crippen molar-refractivity contribution in [2.75, 3.05) is 18.5 Å². The summed E-state index contributed by atoms with van der Waals surface area (Å²) in [5.74, 6) is -0.206. The summed E-state index contributed by atoms with van der Waals surface area (Å²) in [7, 11) is 1.88. The molecular formula is C23H24N2O2. The second kappa shape index (κ2) is 8.49. The average Bonchev–Trinajstić information content (AvgIpc) is 2.67. The molecule has 27 heavy (non-hydrogen) atoms. The third kappa shape index (κ3) is 4.94. The summed E-state index contributed by atoms with van der Waals surface area (Å²) in [6.45, 7) is 1.71. The molecule has 0 aromatic heterocycles. The van der Waals surface area contributed by atoms with E-state index in [9.17, 15) is 9.59 Å². The second-order valence-electron chi connectivity index (χ2n) is 6.81. The molecule has 3 rings (SSSR count). The summed E-state index contributed by atoms with van der Waals surface area (Å²) in [5, 5.41) is 5.17. The number of amides is 1. The monoisotopic (exact) mass is 360 g/mol. The number of nitrogens with zero attached hydrogens (tertiary/aromatic N) is 1. The van der Waals surface area contributed by atoms with Gasteiger partial charge in [-0.1, -0.05) is 60.7 Å². The Kier molecular flexibility index (Phi) is 5.87. The van der Waals surface area contributed by atoms with Crippen molar-refractivity contribution in [3.8, 4) is 0 Å². The summed E-state index contributed by atoms with van der Waals surface area (Å²) in [6.07, 6.45) is 0.502. The molecule has 0 aliphatic carbocycles. The van der Waals surface area contributed by atoms with Crippen LogP contribution in [0.15, 0.2) is 72.8 Å². The van der Waals surface area contributed by atoms with E-state index in [2.05, 4.69) is 23.5 Å². The predicted octanol–water partition coefficient (Wildman–Crippen LogP) is 3.59. The first-order chi connectivity index (χ1) is 13.0. The number of nitrogens with one attached hydrogen (secondary N) is 1. The van der Waals surface area contributed by atoms with Crippen LogP contribution in [0.1, 0.15) is 12.5 Å². The van der Waals surface area contributed by atoms with Crippen LogP contribution in [-0.2, 0) is 16.0 Å². The van der Waals surface area contributed by atoms with Crippen molar-refractivity contribution in [3.63, 3.8) is 0 Å². The number of hydrogen-bond acceptors (Lipinski definition) is 3. The number of rotatable bonds is 7. The van der Waals surface area contributed by atoms with Crippen LogP contribution in [0.25, 0.3) is 10.8 Å². The van der Waals surface area contributed by atoms with Gasteiger partial charge in [0.15, 0.2) is 5.78 Å². The third-order valence-electron chi connectivity index (χ3n) is 4.66. The lowest BCUT2D eigenvalue weighted by Crippen LogP contribution is -2.45. The van der Waals surface area contributed by atoms with Crippen molar-refractivity contribution >= 4 is 28.2 Å². The van der Waals surface area contributed by atoms with Gasteiger partial charge in [0.05, 0.1) is 12.6 Å². The van der Waals surface area contributed by atoms with Crippen LogP contribution >= 0.6 is 0 Å². The zero-order valence-corrected chi connectivity index (χ0v) is 15.7. The zero-order valence-electron chi connectivity index (χ0n) is 15.7. The maximum atomic E-state index is 12.5. The number of likely N-dealkylation sites (N-methyl/N-ethyl adjacent to an activating group) is 1. The Morgan fingerprint density at radius 3 is 2.30 bits per heavy atom. The van der Waals surface area contributed by atoms with Crippen molar-refractivity contribution in [1.82, 2.24) is 5.32 Å². The Bertz CT molecular complexity index is 937. The lowest BCUT2D eigenvalue weighted by Gasteiger charge is -2.22. The van der Waals surface area contributed by atoms with E-state index in [4.69, 9.17) is 0 Å². The van der Waals surface area contributed by atoms with E-state index < -0.39 is 6.04 Å². The molecule has 0 spiro atoms. The molecule has 1 amide bonds. The summed E-state index contributed by atoms with van der Waals surface area (Å²) >= 11 is 0. The first-order valence-corrected chi connectivity index (χ1v) is 9.06. The normalized spacial score (nSPS) is 11.8. The highest BCUT2D eigenvalue weighted by atomic mass is 16.2. The van der Waals surface area contributed by atoms with E-state index >= 15 is 0 Å². The maximum absolute atomic E-state index is 12.5. The fourth-order valence-corrected chi connectivity index (χ4v) is 3.11. The summed E-state index contributed by atoms with van der Waals surface area (Å²) < 4.78 is 0. The molecule has 0 saturated carbocycles. The van der Waals surface area contributed by atoms with E-state index in [0.29, 0.717) is 6.42 Å². The number of anilines is 1. The third-order valence-corrected chi connectivity index (χ3v) is 4.66. The zero-order chi connectivity index (χ0) is 19.2. The molecule has 0 fully saturated rings. The fraction of sp³-hybridized carbons (Fsp3) is 0.217. The molecule has 0 bridgehead atoms. The van der Waals surface area contributed by atoms with Crippen LogP contribution in [0.5, 0.6) is 0 Å². The minimum atomic E-state index is -0.509. The molecule has 0 unspecified atom stereocenters. The smallest absolute Gasteiger partial charge is 0.240 e. The number of hydrogen-bond donors (Lipinski definition) is 1. The Morgan fingerprint density at radius 2 is 1.59 bits per heavy atom. The minimum absolute atomic E-state index is 0.0411. The summed E-state index contributed by atoms with van der Waals surface area (Å²) in [6, 6.07) is 23.5. The number of Topliss-reactive ketones (excluding diaryl/α,β-unsaturated/α-hetero) is 1. The van der Waals surface area contributed by atoms with Crippen LogP contribution in [0, 0.1) is 0 Å². The Hall–Kier alpha value is -3.14. The number of benzene rings is 3. The van der Waals surface area contributed by atoms with E-state index in [0.717, 1.165) is 16.6 Å². The largest absolute Gasteiger partial charge is 0.365 e.